The molecule has 5 nitrogen and oxygen atoms in total. The Hall–Kier alpha value is -2.67. The molecule has 0 aliphatic carbocycles. The Labute approximate surface area is 145 Å². The van der Waals surface area contributed by atoms with Gasteiger partial charge in [-0.25, -0.2) is 4.39 Å². The van der Waals surface area contributed by atoms with Crippen LogP contribution >= 0.6 is 12.2 Å². The third-order valence-corrected chi connectivity index (χ3v) is 3.30. The Morgan fingerprint density at radius 3 is 2.54 bits per heavy atom. The minimum Gasteiger partial charge on any atom is -0.493 e. The number of aryl methyl sites for hydroxylation is 1. The van der Waals surface area contributed by atoms with Crippen LogP contribution in [0.2, 0.25) is 0 Å². The number of rotatable bonds is 5. The highest BCUT2D eigenvalue weighted by Gasteiger charge is 2.04. The van der Waals surface area contributed by atoms with E-state index in [4.69, 9.17) is 17.0 Å². The zero-order valence-electron chi connectivity index (χ0n) is 13.1. The SMILES string of the molecule is Cc1ccccc1OCCC(=O)NNC(=S)Nc1ccc(F)cc1. The van der Waals surface area contributed by atoms with Gasteiger partial charge in [0.1, 0.15) is 11.6 Å². The highest BCUT2D eigenvalue weighted by atomic mass is 32.1. The number of amides is 1. The second-order valence-electron chi connectivity index (χ2n) is 5.00. The average Bonchev–Trinajstić information content (AvgIpc) is 2.57. The smallest absolute Gasteiger partial charge is 0.241 e. The Balaban J connectivity index is 1.66. The van der Waals surface area contributed by atoms with Crippen molar-refractivity contribution in [2.24, 2.45) is 0 Å². The summed E-state index contributed by atoms with van der Waals surface area (Å²) in [6, 6.07) is 13.3. The zero-order chi connectivity index (χ0) is 17.4. The molecule has 0 aromatic heterocycles. The van der Waals surface area contributed by atoms with Gasteiger partial charge in [0.15, 0.2) is 5.11 Å². The second-order valence-corrected chi connectivity index (χ2v) is 5.41. The number of para-hydroxylation sites is 1. The predicted molar refractivity (Wildman–Crippen MR) is 95.2 cm³/mol. The predicted octanol–water partition coefficient (Wildman–Crippen LogP) is 2.92. The van der Waals surface area contributed by atoms with Gasteiger partial charge in [-0.15, -0.1) is 0 Å². The molecule has 2 aromatic rings. The third-order valence-electron chi connectivity index (χ3n) is 3.10. The van der Waals surface area contributed by atoms with Crippen molar-refractivity contribution in [3.63, 3.8) is 0 Å². The first kappa shape index (κ1) is 17.7. The second kappa shape index (κ2) is 8.83. The topological polar surface area (TPSA) is 62.4 Å². The minimum absolute atomic E-state index is 0.181. The Morgan fingerprint density at radius 2 is 1.83 bits per heavy atom. The van der Waals surface area contributed by atoms with Gasteiger partial charge < -0.3 is 10.1 Å². The van der Waals surface area contributed by atoms with Gasteiger partial charge in [-0.3, -0.25) is 15.6 Å². The fourth-order valence-corrected chi connectivity index (χ4v) is 2.03. The van der Waals surface area contributed by atoms with E-state index in [2.05, 4.69) is 16.2 Å². The maximum atomic E-state index is 12.8. The summed E-state index contributed by atoms with van der Waals surface area (Å²) in [6.45, 7) is 2.20. The van der Waals surface area contributed by atoms with E-state index >= 15 is 0 Å². The number of hydrazine groups is 1. The van der Waals surface area contributed by atoms with Crippen molar-refractivity contribution in [1.82, 2.24) is 10.9 Å². The fraction of sp³-hybridized carbons (Fsp3) is 0.176. The summed E-state index contributed by atoms with van der Waals surface area (Å²) in [5, 5.41) is 3.03. The van der Waals surface area contributed by atoms with Crippen LogP contribution in [0.4, 0.5) is 10.1 Å². The average molecular weight is 347 g/mol. The third kappa shape index (κ3) is 5.85. The summed E-state index contributed by atoms with van der Waals surface area (Å²) in [5.74, 6) is 0.167. The monoisotopic (exact) mass is 347 g/mol. The molecule has 0 unspecified atom stereocenters. The number of nitrogens with one attached hydrogen (secondary N) is 3. The summed E-state index contributed by atoms with van der Waals surface area (Å²) >= 11 is 5.03. The number of benzene rings is 2. The van der Waals surface area contributed by atoms with E-state index in [9.17, 15) is 9.18 Å². The molecular formula is C17H18FN3O2S. The summed E-state index contributed by atoms with van der Waals surface area (Å²) in [4.78, 5) is 11.7. The van der Waals surface area contributed by atoms with E-state index < -0.39 is 0 Å². The highest BCUT2D eigenvalue weighted by molar-refractivity contribution is 7.80. The van der Waals surface area contributed by atoms with Crippen molar-refractivity contribution >= 4 is 28.9 Å². The van der Waals surface area contributed by atoms with Crippen LogP contribution < -0.4 is 20.9 Å². The van der Waals surface area contributed by atoms with Gasteiger partial charge in [-0.1, -0.05) is 18.2 Å². The van der Waals surface area contributed by atoms with Crippen molar-refractivity contribution in [3.8, 4) is 5.75 Å². The van der Waals surface area contributed by atoms with Crippen LogP contribution in [0.3, 0.4) is 0 Å². The number of halogens is 1. The molecule has 0 saturated carbocycles. The molecule has 2 aromatic carbocycles. The van der Waals surface area contributed by atoms with E-state index in [1.807, 2.05) is 31.2 Å². The van der Waals surface area contributed by atoms with Crippen molar-refractivity contribution in [2.75, 3.05) is 11.9 Å². The summed E-state index contributed by atoms with van der Waals surface area (Å²) in [6.07, 6.45) is 0.181. The van der Waals surface area contributed by atoms with E-state index in [0.29, 0.717) is 5.69 Å². The quantitative estimate of drug-likeness (QED) is 0.573. The van der Waals surface area contributed by atoms with Crippen molar-refractivity contribution in [3.05, 3.63) is 59.9 Å². The largest absolute Gasteiger partial charge is 0.493 e. The van der Waals surface area contributed by atoms with Gasteiger partial charge in [-0.2, -0.15) is 0 Å². The van der Waals surface area contributed by atoms with Crippen LogP contribution in [0.25, 0.3) is 0 Å². The minimum atomic E-state index is -0.332. The molecule has 0 heterocycles. The van der Waals surface area contributed by atoms with Crippen LogP contribution in [0, 0.1) is 12.7 Å². The van der Waals surface area contributed by atoms with Crippen molar-refractivity contribution in [2.45, 2.75) is 13.3 Å². The Kier molecular flexibility index (Phi) is 6.51. The van der Waals surface area contributed by atoms with Crippen molar-refractivity contribution in [1.29, 1.82) is 0 Å². The number of anilines is 1. The Morgan fingerprint density at radius 1 is 1.12 bits per heavy atom. The van der Waals surface area contributed by atoms with Crippen molar-refractivity contribution < 1.29 is 13.9 Å². The molecular weight excluding hydrogens is 329 g/mol. The molecule has 0 fully saturated rings. The molecule has 0 aliphatic heterocycles. The number of carbonyl (C=O) groups is 1. The van der Waals surface area contributed by atoms with Crippen LogP contribution in [0.1, 0.15) is 12.0 Å². The van der Waals surface area contributed by atoms with Gasteiger partial charge in [0.05, 0.1) is 13.0 Å². The number of thiocarbonyl (C=S) groups is 1. The van der Waals surface area contributed by atoms with Gasteiger partial charge in [0.2, 0.25) is 5.91 Å². The molecule has 2 rings (SSSR count). The van der Waals surface area contributed by atoms with Gasteiger partial charge in [-0.05, 0) is 55.0 Å². The molecule has 0 bridgehead atoms. The summed E-state index contributed by atoms with van der Waals surface area (Å²) < 4.78 is 18.3. The zero-order valence-corrected chi connectivity index (χ0v) is 14.0. The van der Waals surface area contributed by atoms with Crippen LogP contribution in [0.15, 0.2) is 48.5 Å². The molecule has 0 aliphatic rings. The van der Waals surface area contributed by atoms with Crippen LogP contribution in [0.5, 0.6) is 5.75 Å². The summed E-state index contributed by atoms with van der Waals surface area (Å²) in [7, 11) is 0. The number of hydrogen-bond acceptors (Lipinski definition) is 3. The van der Waals surface area contributed by atoms with E-state index in [1.54, 1.807) is 12.1 Å². The van der Waals surface area contributed by atoms with E-state index in [1.165, 1.54) is 12.1 Å². The molecule has 126 valence electrons. The molecule has 0 saturated heterocycles. The lowest BCUT2D eigenvalue weighted by Crippen LogP contribution is -2.44. The van der Waals surface area contributed by atoms with E-state index in [-0.39, 0.29) is 29.9 Å². The van der Waals surface area contributed by atoms with Gasteiger partial charge in [0, 0.05) is 5.69 Å². The van der Waals surface area contributed by atoms with E-state index in [0.717, 1.165) is 11.3 Å². The lowest BCUT2D eigenvalue weighted by molar-refractivity contribution is -0.122. The van der Waals surface area contributed by atoms with Crippen LogP contribution in [-0.4, -0.2) is 17.6 Å². The standard InChI is InChI=1S/C17H18FN3O2S/c1-12-4-2-3-5-15(12)23-11-10-16(22)20-21-17(24)19-14-8-6-13(18)7-9-14/h2-9H,10-11H2,1H3,(H,20,22)(H2,19,21,24). The molecule has 0 atom stereocenters. The molecule has 7 heteroatoms. The normalized spacial score (nSPS) is 9.92. The molecule has 3 N–H and O–H groups in total. The lowest BCUT2D eigenvalue weighted by atomic mass is 10.2. The number of hydrogen-bond donors (Lipinski definition) is 3. The molecule has 0 spiro atoms. The number of carbonyl (C=O) groups excluding carboxylic acids is 1. The van der Waals surface area contributed by atoms with Gasteiger partial charge >= 0.3 is 0 Å². The maximum Gasteiger partial charge on any atom is 0.241 e. The first-order valence-corrected chi connectivity index (χ1v) is 7.75. The molecule has 0 radical (unpaired) electrons. The lowest BCUT2D eigenvalue weighted by Gasteiger charge is -2.12. The van der Waals surface area contributed by atoms with Gasteiger partial charge in [0.25, 0.3) is 0 Å². The van der Waals surface area contributed by atoms with Crippen LogP contribution in [-0.2, 0) is 4.79 Å². The number of ether oxygens (including phenoxy) is 1. The maximum absolute atomic E-state index is 12.8. The molecule has 1 amide bonds. The summed E-state index contributed by atoms with van der Waals surface area (Å²) in [5.41, 5.74) is 6.68. The first-order chi connectivity index (χ1) is 11.5. The first-order valence-electron chi connectivity index (χ1n) is 7.34. The highest BCUT2D eigenvalue weighted by Crippen LogP contribution is 2.16. The molecule has 24 heavy (non-hydrogen) atoms. The Bertz CT molecular complexity index is 707. The fourth-order valence-electron chi connectivity index (χ4n) is 1.86.